The minimum absolute atomic E-state index is 0.485. The van der Waals surface area contributed by atoms with Crippen molar-refractivity contribution in [2.45, 2.75) is 20.0 Å². The normalized spacial score (nSPS) is 12.4. The zero-order valence-electron chi connectivity index (χ0n) is 10.1. The van der Waals surface area contributed by atoms with E-state index in [1.807, 2.05) is 35.1 Å². The predicted molar refractivity (Wildman–Crippen MR) is 67.7 cm³/mol. The Morgan fingerprint density at radius 2 is 2.06 bits per heavy atom. The zero-order chi connectivity index (χ0) is 12.3. The van der Waals surface area contributed by atoms with Crippen molar-refractivity contribution in [2.75, 3.05) is 11.6 Å². The van der Waals surface area contributed by atoms with Gasteiger partial charge >= 0.3 is 0 Å². The maximum atomic E-state index is 9.72. The average molecular weight is 231 g/mol. The van der Waals surface area contributed by atoms with Gasteiger partial charge in [0.05, 0.1) is 17.5 Å². The van der Waals surface area contributed by atoms with Gasteiger partial charge in [-0.15, -0.1) is 0 Å². The van der Waals surface area contributed by atoms with Crippen molar-refractivity contribution in [1.82, 2.24) is 9.66 Å². The Morgan fingerprint density at radius 1 is 1.35 bits per heavy atom. The molecule has 0 bridgehead atoms. The smallest absolute Gasteiger partial charge is 0.0931 e. The molecule has 0 saturated heterocycles. The van der Waals surface area contributed by atoms with Crippen LogP contribution < -0.4 is 5.01 Å². The van der Waals surface area contributed by atoms with Crippen LogP contribution in [0.2, 0.25) is 0 Å². The van der Waals surface area contributed by atoms with Gasteiger partial charge in [-0.1, -0.05) is 0 Å². The van der Waals surface area contributed by atoms with Crippen molar-refractivity contribution in [3.05, 3.63) is 48.5 Å². The standard InChI is InChI=1S/C13H17N3O/c1-3-15(12-6-8-14-9-7-12)16-10-4-5-13(16)11(2)17/h4-11,17H,3H2,1-2H3. The first kappa shape index (κ1) is 11.7. The summed E-state index contributed by atoms with van der Waals surface area (Å²) in [6.45, 7) is 4.66. The summed E-state index contributed by atoms with van der Waals surface area (Å²) in [4.78, 5) is 4.02. The number of hydrogen-bond acceptors (Lipinski definition) is 3. The van der Waals surface area contributed by atoms with Gasteiger partial charge in [0.15, 0.2) is 0 Å². The molecular weight excluding hydrogens is 214 g/mol. The van der Waals surface area contributed by atoms with Crippen LogP contribution in [0, 0.1) is 0 Å². The van der Waals surface area contributed by atoms with Gasteiger partial charge in [-0.05, 0) is 38.1 Å². The number of hydrogen-bond donors (Lipinski definition) is 1. The van der Waals surface area contributed by atoms with E-state index in [9.17, 15) is 5.11 Å². The summed E-state index contributed by atoms with van der Waals surface area (Å²) in [5.74, 6) is 0. The molecule has 4 nitrogen and oxygen atoms in total. The highest BCUT2D eigenvalue weighted by atomic mass is 16.3. The van der Waals surface area contributed by atoms with Crippen LogP contribution in [-0.4, -0.2) is 21.3 Å². The van der Waals surface area contributed by atoms with Gasteiger partial charge in [0, 0.05) is 25.1 Å². The summed E-state index contributed by atoms with van der Waals surface area (Å²) in [6, 6.07) is 7.77. The second-order valence-electron chi connectivity index (χ2n) is 3.87. The van der Waals surface area contributed by atoms with E-state index in [0.717, 1.165) is 17.9 Å². The van der Waals surface area contributed by atoms with Crippen molar-refractivity contribution >= 4 is 5.69 Å². The molecule has 17 heavy (non-hydrogen) atoms. The van der Waals surface area contributed by atoms with Crippen LogP contribution in [0.3, 0.4) is 0 Å². The van der Waals surface area contributed by atoms with E-state index < -0.39 is 6.10 Å². The van der Waals surface area contributed by atoms with Gasteiger partial charge in [0.25, 0.3) is 0 Å². The molecular formula is C13H17N3O. The molecule has 1 unspecified atom stereocenters. The second-order valence-corrected chi connectivity index (χ2v) is 3.87. The molecule has 4 heteroatoms. The number of nitrogens with zero attached hydrogens (tertiary/aromatic N) is 3. The van der Waals surface area contributed by atoms with E-state index in [4.69, 9.17) is 0 Å². The van der Waals surface area contributed by atoms with Gasteiger partial charge in [-0.3, -0.25) is 14.7 Å². The van der Waals surface area contributed by atoms with Crippen LogP contribution in [0.4, 0.5) is 5.69 Å². The highest BCUT2D eigenvalue weighted by Gasteiger charge is 2.12. The number of aliphatic hydroxyl groups is 1. The van der Waals surface area contributed by atoms with Crippen molar-refractivity contribution in [3.63, 3.8) is 0 Å². The Balaban J connectivity index is 2.39. The van der Waals surface area contributed by atoms with Crippen molar-refractivity contribution in [3.8, 4) is 0 Å². The molecule has 1 N–H and O–H groups in total. The maximum Gasteiger partial charge on any atom is 0.0931 e. The molecule has 2 rings (SSSR count). The van der Waals surface area contributed by atoms with E-state index in [-0.39, 0.29) is 0 Å². The van der Waals surface area contributed by atoms with Crippen molar-refractivity contribution in [2.24, 2.45) is 0 Å². The molecule has 0 aromatic carbocycles. The first-order valence-corrected chi connectivity index (χ1v) is 5.77. The molecule has 1 atom stereocenters. The molecule has 2 aromatic heterocycles. The third-order valence-corrected chi connectivity index (χ3v) is 2.71. The van der Waals surface area contributed by atoms with Gasteiger partial charge in [0.2, 0.25) is 0 Å². The van der Waals surface area contributed by atoms with Crippen LogP contribution in [0.5, 0.6) is 0 Å². The second kappa shape index (κ2) is 5.01. The SMILES string of the molecule is CCN(c1ccncc1)n1cccc1C(C)O. The Hall–Kier alpha value is -1.81. The highest BCUT2D eigenvalue weighted by Crippen LogP contribution is 2.19. The molecule has 0 amide bonds. The molecule has 0 aliphatic carbocycles. The van der Waals surface area contributed by atoms with E-state index >= 15 is 0 Å². The van der Waals surface area contributed by atoms with Crippen molar-refractivity contribution in [1.29, 1.82) is 0 Å². The van der Waals surface area contributed by atoms with E-state index in [1.165, 1.54) is 0 Å². The lowest BCUT2D eigenvalue weighted by atomic mass is 10.3. The van der Waals surface area contributed by atoms with E-state index in [0.29, 0.717) is 0 Å². The Kier molecular flexibility index (Phi) is 3.44. The summed E-state index contributed by atoms with van der Waals surface area (Å²) < 4.78 is 1.97. The van der Waals surface area contributed by atoms with Gasteiger partial charge in [0.1, 0.15) is 0 Å². The number of anilines is 1. The fourth-order valence-electron chi connectivity index (χ4n) is 1.91. The number of aromatic nitrogens is 2. The van der Waals surface area contributed by atoms with Crippen LogP contribution >= 0.6 is 0 Å². The van der Waals surface area contributed by atoms with Gasteiger partial charge < -0.3 is 5.11 Å². The average Bonchev–Trinajstić information content (AvgIpc) is 2.81. The maximum absolute atomic E-state index is 9.72. The third kappa shape index (κ3) is 2.31. The minimum atomic E-state index is -0.485. The molecule has 0 radical (unpaired) electrons. The molecule has 2 aromatic rings. The lowest BCUT2D eigenvalue weighted by Crippen LogP contribution is -2.30. The Bertz CT molecular complexity index is 465. The first-order valence-electron chi connectivity index (χ1n) is 5.77. The monoisotopic (exact) mass is 231 g/mol. The first-order chi connectivity index (χ1) is 8.24. The van der Waals surface area contributed by atoms with Crippen LogP contribution in [0.1, 0.15) is 25.6 Å². The molecule has 0 aliphatic rings. The van der Waals surface area contributed by atoms with Crippen LogP contribution in [0.25, 0.3) is 0 Å². The molecule has 2 heterocycles. The molecule has 0 spiro atoms. The summed E-state index contributed by atoms with van der Waals surface area (Å²) in [5, 5.41) is 11.8. The van der Waals surface area contributed by atoms with Gasteiger partial charge in [-0.2, -0.15) is 0 Å². The zero-order valence-corrected chi connectivity index (χ0v) is 10.1. The van der Waals surface area contributed by atoms with E-state index in [1.54, 1.807) is 19.3 Å². The number of aliphatic hydroxyl groups excluding tert-OH is 1. The summed E-state index contributed by atoms with van der Waals surface area (Å²) in [7, 11) is 0. The highest BCUT2D eigenvalue weighted by molar-refractivity contribution is 5.44. The fourth-order valence-corrected chi connectivity index (χ4v) is 1.91. The lowest BCUT2D eigenvalue weighted by molar-refractivity contribution is 0.189. The van der Waals surface area contributed by atoms with Crippen LogP contribution in [0.15, 0.2) is 42.9 Å². The number of rotatable bonds is 4. The van der Waals surface area contributed by atoms with E-state index in [2.05, 4.69) is 16.9 Å². The van der Waals surface area contributed by atoms with Gasteiger partial charge in [-0.25, -0.2) is 0 Å². The lowest BCUT2D eigenvalue weighted by Gasteiger charge is -2.27. The topological polar surface area (TPSA) is 41.3 Å². The van der Waals surface area contributed by atoms with Crippen molar-refractivity contribution < 1.29 is 5.11 Å². The third-order valence-electron chi connectivity index (χ3n) is 2.71. The molecule has 90 valence electrons. The number of pyridine rings is 1. The predicted octanol–water partition coefficient (Wildman–Crippen LogP) is 2.23. The summed E-state index contributed by atoms with van der Waals surface area (Å²) >= 11 is 0. The molecule has 0 aliphatic heterocycles. The minimum Gasteiger partial charge on any atom is -0.387 e. The Labute approximate surface area is 101 Å². The van der Waals surface area contributed by atoms with Crippen LogP contribution in [-0.2, 0) is 0 Å². The Morgan fingerprint density at radius 3 is 2.65 bits per heavy atom. The fraction of sp³-hybridized carbons (Fsp3) is 0.308. The summed E-state index contributed by atoms with van der Waals surface area (Å²) in [5.41, 5.74) is 1.93. The quantitative estimate of drug-likeness (QED) is 0.877. The largest absolute Gasteiger partial charge is 0.387 e. The molecule has 0 saturated carbocycles. The molecule has 0 fully saturated rings. The summed E-state index contributed by atoms with van der Waals surface area (Å²) in [6.07, 6.45) is 5.00.